The molecule has 0 amide bonds. The number of hydrogen-bond acceptors (Lipinski definition) is 6. The first-order valence-electron chi connectivity index (χ1n) is 15.3. The maximum Gasteiger partial charge on any atom is 0.337 e. The van der Waals surface area contributed by atoms with Gasteiger partial charge in [-0.2, -0.15) is 0 Å². The van der Waals surface area contributed by atoms with Crippen molar-refractivity contribution in [3.8, 4) is 0 Å². The van der Waals surface area contributed by atoms with Gasteiger partial charge in [0.25, 0.3) is 0 Å². The predicted molar refractivity (Wildman–Crippen MR) is 173 cm³/mol. The molecule has 0 aliphatic heterocycles. The lowest BCUT2D eigenvalue weighted by Crippen LogP contribution is -2.30. The van der Waals surface area contributed by atoms with E-state index in [9.17, 15) is 9.59 Å². The third-order valence-corrected chi connectivity index (χ3v) is 7.70. The third kappa shape index (κ3) is 10.8. The summed E-state index contributed by atoms with van der Waals surface area (Å²) in [6.45, 7) is 2.65. The van der Waals surface area contributed by atoms with Crippen LogP contribution in [0.2, 0.25) is 0 Å². The van der Waals surface area contributed by atoms with E-state index in [1.165, 1.54) is 25.3 Å². The van der Waals surface area contributed by atoms with Gasteiger partial charge in [-0.3, -0.25) is 9.69 Å². The lowest BCUT2D eigenvalue weighted by Gasteiger charge is -2.28. The number of hydrogen-bond donors (Lipinski definition) is 0. The van der Waals surface area contributed by atoms with Gasteiger partial charge < -0.3 is 14.2 Å². The van der Waals surface area contributed by atoms with Crippen LogP contribution < -0.4 is 0 Å². The van der Waals surface area contributed by atoms with E-state index in [4.69, 9.17) is 14.2 Å². The Bertz CT molecular complexity index is 1420. The summed E-state index contributed by atoms with van der Waals surface area (Å²) in [6.07, 6.45) is 3.82. The van der Waals surface area contributed by atoms with Gasteiger partial charge in [0.15, 0.2) is 0 Å². The largest absolute Gasteiger partial charge is 0.469 e. The first kappa shape index (κ1) is 32.6. The van der Waals surface area contributed by atoms with Crippen LogP contribution in [0.4, 0.5) is 0 Å². The number of esters is 2. The molecule has 0 aliphatic rings. The van der Waals surface area contributed by atoms with Crippen molar-refractivity contribution >= 4 is 11.9 Å². The van der Waals surface area contributed by atoms with E-state index in [-0.39, 0.29) is 18.0 Å². The molecule has 6 heteroatoms. The van der Waals surface area contributed by atoms with E-state index in [1.54, 1.807) is 12.1 Å². The van der Waals surface area contributed by atoms with Crippen LogP contribution >= 0.6 is 0 Å². The van der Waals surface area contributed by atoms with Crippen molar-refractivity contribution in [2.24, 2.45) is 0 Å². The molecule has 4 aromatic rings. The first-order valence-corrected chi connectivity index (χ1v) is 15.3. The molecule has 0 unspecified atom stereocenters. The number of rotatable bonds is 17. The Morgan fingerprint density at radius 1 is 0.682 bits per heavy atom. The van der Waals surface area contributed by atoms with Crippen molar-refractivity contribution in [2.45, 2.75) is 51.4 Å². The summed E-state index contributed by atoms with van der Waals surface area (Å²) in [5, 5.41) is 0. The number of ether oxygens (including phenoxy) is 3. The highest BCUT2D eigenvalue weighted by Crippen LogP contribution is 2.23. The molecule has 0 saturated heterocycles. The van der Waals surface area contributed by atoms with Crippen LogP contribution in [0.3, 0.4) is 0 Å². The molecule has 230 valence electrons. The zero-order valence-electron chi connectivity index (χ0n) is 25.8. The standard InChI is InChI=1S/C38H43NO5/c1-42-37(40)18-9-10-25-39(27-32-21-23-35(24-22-32)38(41)43-2)28-36(34-16-7-4-8-17-34)44-29-33-15-11-14-31(26-33)20-19-30-12-5-3-6-13-30/h3-8,11-17,21-24,26,36H,9-10,18-20,25,27-29H2,1-2H3/t36-/m0/s1. The van der Waals surface area contributed by atoms with Gasteiger partial charge in [-0.05, 0) is 72.2 Å². The fourth-order valence-electron chi connectivity index (χ4n) is 5.23. The first-order chi connectivity index (χ1) is 21.5. The maximum atomic E-state index is 11.9. The molecule has 0 spiro atoms. The molecule has 4 aromatic carbocycles. The Morgan fingerprint density at radius 3 is 2.05 bits per heavy atom. The van der Waals surface area contributed by atoms with Crippen LogP contribution in [-0.2, 0) is 45.0 Å². The van der Waals surface area contributed by atoms with Gasteiger partial charge >= 0.3 is 11.9 Å². The van der Waals surface area contributed by atoms with Crippen LogP contribution in [0.5, 0.6) is 0 Å². The SMILES string of the molecule is COC(=O)CCCCN(Cc1ccc(C(=O)OC)cc1)C[C@H](OCc1cccc(CCc2ccccc2)c1)c1ccccc1. The minimum Gasteiger partial charge on any atom is -0.469 e. The highest BCUT2D eigenvalue weighted by atomic mass is 16.5. The van der Waals surface area contributed by atoms with E-state index in [2.05, 4.69) is 71.6 Å². The summed E-state index contributed by atoms with van der Waals surface area (Å²) in [5.74, 6) is -0.538. The van der Waals surface area contributed by atoms with Crippen molar-refractivity contribution in [3.05, 3.63) is 143 Å². The van der Waals surface area contributed by atoms with Crippen LogP contribution in [0, 0.1) is 0 Å². The Balaban J connectivity index is 1.45. The molecule has 0 N–H and O–H groups in total. The van der Waals surface area contributed by atoms with E-state index in [0.29, 0.717) is 31.7 Å². The maximum absolute atomic E-state index is 11.9. The van der Waals surface area contributed by atoms with Crippen molar-refractivity contribution in [2.75, 3.05) is 27.3 Å². The summed E-state index contributed by atoms with van der Waals surface area (Å²) in [5.41, 5.74) is 6.52. The molecule has 44 heavy (non-hydrogen) atoms. The Kier molecular flexibility index (Phi) is 13.2. The monoisotopic (exact) mass is 593 g/mol. The molecular formula is C38H43NO5. The topological polar surface area (TPSA) is 65.1 Å². The van der Waals surface area contributed by atoms with E-state index in [1.807, 2.05) is 30.3 Å². The average molecular weight is 594 g/mol. The van der Waals surface area contributed by atoms with Gasteiger partial charge in [0, 0.05) is 19.5 Å². The zero-order chi connectivity index (χ0) is 31.0. The van der Waals surface area contributed by atoms with Gasteiger partial charge in [-0.25, -0.2) is 4.79 Å². The molecule has 0 aromatic heterocycles. The highest BCUT2D eigenvalue weighted by Gasteiger charge is 2.18. The zero-order valence-corrected chi connectivity index (χ0v) is 25.8. The summed E-state index contributed by atoms with van der Waals surface area (Å²) in [6, 6.07) is 37.1. The normalized spacial score (nSPS) is 11.7. The van der Waals surface area contributed by atoms with Gasteiger partial charge in [-0.15, -0.1) is 0 Å². The second-order valence-corrected chi connectivity index (χ2v) is 11.0. The Morgan fingerprint density at radius 2 is 1.34 bits per heavy atom. The minimum absolute atomic E-state index is 0.154. The van der Waals surface area contributed by atoms with Crippen LogP contribution in [-0.4, -0.2) is 44.1 Å². The molecule has 4 rings (SSSR count). The molecule has 1 atom stereocenters. The fourth-order valence-corrected chi connectivity index (χ4v) is 5.23. The molecular weight excluding hydrogens is 550 g/mol. The third-order valence-electron chi connectivity index (χ3n) is 7.70. The van der Waals surface area contributed by atoms with Crippen molar-refractivity contribution in [1.29, 1.82) is 0 Å². The number of aryl methyl sites for hydroxylation is 2. The Labute approximate surface area is 261 Å². The molecule has 0 heterocycles. The lowest BCUT2D eigenvalue weighted by atomic mass is 10.0. The number of methoxy groups -OCH3 is 2. The quantitative estimate of drug-likeness (QED) is 0.0942. The van der Waals surface area contributed by atoms with Crippen molar-refractivity contribution in [1.82, 2.24) is 4.90 Å². The molecule has 0 aliphatic carbocycles. The van der Waals surface area contributed by atoms with Crippen molar-refractivity contribution in [3.63, 3.8) is 0 Å². The lowest BCUT2D eigenvalue weighted by molar-refractivity contribution is -0.140. The van der Waals surface area contributed by atoms with Gasteiger partial charge in [0.1, 0.15) is 0 Å². The van der Waals surface area contributed by atoms with E-state index >= 15 is 0 Å². The molecule has 0 bridgehead atoms. The molecule has 0 radical (unpaired) electrons. The van der Waals surface area contributed by atoms with E-state index < -0.39 is 0 Å². The van der Waals surface area contributed by atoms with Gasteiger partial charge in [-0.1, -0.05) is 97.1 Å². The molecule has 0 saturated carbocycles. The smallest absolute Gasteiger partial charge is 0.337 e. The Hall–Kier alpha value is -4.26. The van der Waals surface area contributed by atoms with Gasteiger partial charge in [0.2, 0.25) is 0 Å². The highest BCUT2D eigenvalue weighted by molar-refractivity contribution is 5.89. The fraction of sp³-hybridized carbons (Fsp3) is 0.316. The van der Waals surface area contributed by atoms with Gasteiger partial charge in [0.05, 0.1) is 32.5 Å². The minimum atomic E-state index is -0.349. The number of unbranched alkanes of at least 4 members (excludes halogenated alkanes) is 1. The van der Waals surface area contributed by atoms with Crippen LogP contribution in [0.25, 0.3) is 0 Å². The number of benzene rings is 4. The number of carbonyl (C=O) groups excluding carboxylic acids is 2. The second kappa shape index (κ2) is 17.8. The summed E-state index contributed by atoms with van der Waals surface area (Å²) >= 11 is 0. The summed E-state index contributed by atoms with van der Waals surface area (Å²) in [7, 11) is 2.81. The summed E-state index contributed by atoms with van der Waals surface area (Å²) in [4.78, 5) is 26.0. The van der Waals surface area contributed by atoms with Crippen molar-refractivity contribution < 1.29 is 23.8 Å². The predicted octanol–water partition coefficient (Wildman–Crippen LogP) is 7.36. The van der Waals surface area contributed by atoms with Crippen LogP contribution in [0.1, 0.15) is 63.5 Å². The average Bonchev–Trinajstić information content (AvgIpc) is 3.08. The summed E-state index contributed by atoms with van der Waals surface area (Å²) < 4.78 is 16.3. The van der Waals surface area contributed by atoms with Crippen LogP contribution in [0.15, 0.2) is 109 Å². The number of nitrogens with zero attached hydrogens (tertiary/aromatic N) is 1. The second-order valence-electron chi connectivity index (χ2n) is 11.0. The van der Waals surface area contributed by atoms with E-state index in [0.717, 1.165) is 48.9 Å². The molecule has 6 nitrogen and oxygen atoms in total. The molecule has 0 fully saturated rings. The number of carbonyl (C=O) groups is 2.